The number of likely N-dealkylation sites (tertiary alicyclic amines) is 1. The van der Waals surface area contributed by atoms with Gasteiger partial charge in [0, 0.05) is 24.5 Å². The molecule has 7 nitrogen and oxygen atoms in total. The number of aliphatic hydroxyl groups excluding tert-OH is 1. The lowest BCUT2D eigenvalue weighted by Gasteiger charge is -2.25. The van der Waals surface area contributed by atoms with Gasteiger partial charge < -0.3 is 19.5 Å². The second-order valence-electron chi connectivity index (χ2n) is 8.75. The highest BCUT2D eigenvalue weighted by molar-refractivity contribution is 6.46. The van der Waals surface area contributed by atoms with Crippen LogP contribution in [0.2, 0.25) is 10.0 Å². The summed E-state index contributed by atoms with van der Waals surface area (Å²) in [5.74, 6) is -0.644. The van der Waals surface area contributed by atoms with Crippen LogP contribution in [0.4, 0.5) is 0 Å². The summed E-state index contributed by atoms with van der Waals surface area (Å²) in [5, 5.41) is 11.7. The summed E-state index contributed by atoms with van der Waals surface area (Å²) >= 11 is 12.6. The van der Waals surface area contributed by atoms with Gasteiger partial charge in [0.25, 0.3) is 11.7 Å². The van der Waals surface area contributed by atoms with Crippen molar-refractivity contribution >= 4 is 40.7 Å². The van der Waals surface area contributed by atoms with Crippen LogP contribution in [0.3, 0.4) is 0 Å². The number of aliphatic hydroxyl groups is 1. The molecule has 1 aliphatic rings. The third kappa shape index (κ3) is 5.32. The van der Waals surface area contributed by atoms with Gasteiger partial charge in [-0.1, -0.05) is 59.6 Å². The van der Waals surface area contributed by atoms with Gasteiger partial charge in [-0.3, -0.25) is 14.6 Å². The maximum atomic E-state index is 13.4. The fraction of sp³-hybridized carbons (Fsp3) is 0.100. The first-order valence-corrected chi connectivity index (χ1v) is 12.7. The Morgan fingerprint density at radius 3 is 2.33 bits per heavy atom. The van der Waals surface area contributed by atoms with Crippen LogP contribution in [0.5, 0.6) is 17.2 Å². The molecule has 1 atom stereocenters. The van der Waals surface area contributed by atoms with Crippen molar-refractivity contribution in [3.63, 3.8) is 0 Å². The molecule has 1 unspecified atom stereocenters. The Morgan fingerprint density at radius 2 is 1.67 bits per heavy atom. The summed E-state index contributed by atoms with van der Waals surface area (Å²) in [6, 6.07) is 21.8. The monoisotopic (exact) mass is 560 g/mol. The molecular weight excluding hydrogens is 539 g/mol. The number of methoxy groups -OCH3 is 1. The molecule has 1 amide bonds. The number of amides is 1. The molecule has 39 heavy (non-hydrogen) atoms. The maximum Gasteiger partial charge on any atom is 0.295 e. The number of hydrogen-bond acceptors (Lipinski definition) is 6. The van der Waals surface area contributed by atoms with Gasteiger partial charge in [0.05, 0.1) is 28.8 Å². The van der Waals surface area contributed by atoms with Crippen LogP contribution in [-0.4, -0.2) is 33.8 Å². The number of ketones is 1. The van der Waals surface area contributed by atoms with Crippen LogP contribution in [-0.2, 0) is 16.1 Å². The third-order valence-corrected chi connectivity index (χ3v) is 6.81. The van der Waals surface area contributed by atoms with Crippen LogP contribution >= 0.6 is 23.2 Å². The SMILES string of the molecule is COc1c(Cl)cc(/C(O)=C2\C(=O)C(=O)N(Cc3cccnc3)C2c2cccc(Oc3ccccc3)c2)cc1Cl. The van der Waals surface area contributed by atoms with Gasteiger partial charge >= 0.3 is 0 Å². The lowest BCUT2D eigenvalue weighted by atomic mass is 9.95. The second kappa shape index (κ2) is 11.2. The highest BCUT2D eigenvalue weighted by atomic mass is 35.5. The van der Waals surface area contributed by atoms with E-state index in [1.807, 2.05) is 30.3 Å². The first-order valence-electron chi connectivity index (χ1n) is 11.9. The van der Waals surface area contributed by atoms with E-state index in [4.69, 9.17) is 32.7 Å². The van der Waals surface area contributed by atoms with Crippen molar-refractivity contribution in [1.82, 2.24) is 9.88 Å². The van der Waals surface area contributed by atoms with Crippen molar-refractivity contribution < 1.29 is 24.2 Å². The number of pyridine rings is 1. The van der Waals surface area contributed by atoms with E-state index in [9.17, 15) is 14.7 Å². The average molecular weight is 561 g/mol. The van der Waals surface area contributed by atoms with E-state index in [-0.39, 0.29) is 33.5 Å². The number of hydrogen-bond donors (Lipinski definition) is 1. The zero-order valence-corrected chi connectivity index (χ0v) is 22.2. The molecule has 1 fully saturated rings. The highest BCUT2D eigenvalue weighted by Crippen LogP contribution is 2.43. The van der Waals surface area contributed by atoms with Crippen molar-refractivity contribution in [2.75, 3.05) is 7.11 Å². The predicted octanol–water partition coefficient (Wildman–Crippen LogP) is 6.81. The van der Waals surface area contributed by atoms with E-state index in [0.717, 1.165) is 5.56 Å². The lowest BCUT2D eigenvalue weighted by molar-refractivity contribution is -0.140. The van der Waals surface area contributed by atoms with Crippen molar-refractivity contribution in [2.24, 2.45) is 0 Å². The number of nitrogens with zero attached hydrogens (tertiary/aromatic N) is 2. The van der Waals surface area contributed by atoms with E-state index in [1.54, 1.807) is 48.8 Å². The molecule has 5 rings (SSSR count). The number of Topliss-reactive ketones (excluding diaryl/α,β-unsaturated/α-hetero) is 1. The topological polar surface area (TPSA) is 89.0 Å². The zero-order valence-electron chi connectivity index (χ0n) is 20.7. The quantitative estimate of drug-likeness (QED) is 0.152. The number of carbonyl (C=O) groups excluding carboxylic acids is 2. The highest BCUT2D eigenvalue weighted by Gasteiger charge is 2.46. The van der Waals surface area contributed by atoms with Crippen LogP contribution < -0.4 is 9.47 Å². The largest absolute Gasteiger partial charge is 0.507 e. The van der Waals surface area contributed by atoms with Crippen LogP contribution in [0, 0.1) is 0 Å². The number of ether oxygens (including phenoxy) is 2. The van der Waals surface area contributed by atoms with Gasteiger partial charge in [0.1, 0.15) is 17.3 Å². The fourth-order valence-electron chi connectivity index (χ4n) is 4.50. The maximum absolute atomic E-state index is 13.4. The van der Waals surface area contributed by atoms with E-state index in [2.05, 4.69) is 4.98 Å². The van der Waals surface area contributed by atoms with Gasteiger partial charge in [0.2, 0.25) is 0 Å². The Morgan fingerprint density at radius 1 is 0.949 bits per heavy atom. The van der Waals surface area contributed by atoms with Gasteiger partial charge in [-0.05, 0) is 53.6 Å². The van der Waals surface area contributed by atoms with Crippen molar-refractivity contribution in [2.45, 2.75) is 12.6 Å². The van der Waals surface area contributed by atoms with E-state index in [1.165, 1.54) is 24.1 Å². The van der Waals surface area contributed by atoms with Gasteiger partial charge in [-0.25, -0.2) is 0 Å². The molecule has 0 radical (unpaired) electrons. The van der Waals surface area contributed by atoms with Gasteiger partial charge in [0.15, 0.2) is 5.75 Å². The number of carbonyl (C=O) groups is 2. The third-order valence-electron chi connectivity index (χ3n) is 6.24. The normalized spacial score (nSPS) is 16.4. The Kier molecular flexibility index (Phi) is 7.54. The summed E-state index contributed by atoms with van der Waals surface area (Å²) in [6.45, 7) is 0.0910. The van der Waals surface area contributed by atoms with Crippen molar-refractivity contribution in [1.29, 1.82) is 0 Å². The molecule has 1 aromatic heterocycles. The molecule has 1 saturated heterocycles. The van der Waals surface area contributed by atoms with Crippen molar-refractivity contribution in [3.05, 3.63) is 124 Å². The Labute approximate surface area is 234 Å². The van der Waals surface area contributed by atoms with Crippen LogP contribution in [0.25, 0.3) is 5.76 Å². The zero-order chi connectivity index (χ0) is 27.5. The minimum absolute atomic E-state index is 0.0910. The first-order chi connectivity index (χ1) is 18.9. The molecule has 1 N–H and O–H groups in total. The minimum atomic E-state index is -0.927. The summed E-state index contributed by atoms with van der Waals surface area (Å²) in [7, 11) is 1.42. The number of para-hydroxylation sites is 1. The molecule has 0 saturated carbocycles. The molecule has 0 spiro atoms. The average Bonchev–Trinajstić information content (AvgIpc) is 3.18. The number of benzene rings is 3. The first kappa shape index (κ1) is 26.3. The van der Waals surface area contributed by atoms with E-state index < -0.39 is 23.5 Å². The Bertz CT molecular complexity index is 1550. The molecule has 3 aromatic carbocycles. The Balaban J connectivity index is 1.64. The molecule has 0 aliphatic carbocycles. The summed E-state index contributed by atoms with van der Waals surface area (Å²) < 4.78 is 11.2. The number of halogens is 2. The Hall–Kier alpha value is -4.33. The van der Waals surface area contributed by atoms with E-state index >= 15 is 0 Å². The van der Waals surface area contributed by atoms with Crippen molar-refractivity contribution in [3.8, 4) is 17.2 Å². The smallest absolute Gasteiger partial charge is 0.295 e. The molecule has 2 heterocycles. The molecule has 1 aliphatic heterocycles. The molecule has 0 bridgehead atoms. The van der Waals surface area contributed by atoms with Crippen LogP contribution in [0.1, 0.15) is 22.7 Å². The predicted molar refractivity (Wildman–Crippen MR) is 148 cm³/mol. The fourth-order valence-corrected chi connectivity index (χ4v) is 5.14. The molecule has 9 heteroatoms. The number of aromatic nitrogens is 1. The molecule has 196 valence electrons. The van der Waals surface area contributed by atoms with Gasteiger partial charge in [-0.2, -0.15) is 0 Å². The van der Waals surface area contributed by atoms with Gasteiger partial charge in [-0.15, -0.1) is 0 Å². The standard InChI is InChI=1S/C30H22Cl2N2O5/c1-38-29-23(31)14-20(15-24(29)32)27(35)25-26(34(30(37)28(25)36)17-18-7-6-12-33-16-18)19-8-5-11-22(13-19)39-21-9-3-2-4-10-21/h2-16,26,35H,17H2,1H3/b27-25+. The lowest BCUT2D eigenvalue weighted by Crippen LogP contribution is -2.29. The molecule has 4 aromatic rings. The number of rotatable bonds is 7. The summed E-state index contributed by atoms with van der Waals surface area (Å²) in [5.41, 5.74) is 1.36. The second-order valence-corrected chi connectivity index (χ2v) is 9.56. The van der Waals surface area contributed by atoms with Crippen LogP contribution in [0.15, 0.2) is 96.8 Å². The summed E-state index contributed by atoms with van der Waals surface area (Å²) in [4.78, 5) is 32.3. The van der Waals surface area contributed by atoms with E-state index in [0.29, 0.717) is 17.1 Å². The molecular formula is C30H22Cl2N2O5. The summed E-state index contributed by atoms with van der Waals surface area (Å²) in [6.07, 6.45) is 3.24. The minimum Gasteiger partial charge on any atom is -0.507 e.